The molecule has 0 aliphatic carbocycles. The molecule has 7 heteroatoms. The summed E-state index contributed by atoms with van der Waals surface area (Å²) in [6, 6.07) is 5.54. The van der Waals surface area contributed by atoms with Gasteiger partial charge in [-0.15, -0.1) is 0 Å². The monoisotopic (exact) mass is 316 g/mol. The number of hydrogen-bond donors (Lipinski definition) is 2. The molecule has 3 atom stereocenters. The Morgan fingerprint density at radius 1 is 1.35 bits per heavy atom. The number of nitrogens with one attached hydrogen (secondary N) is 2. The van der Waals surface area contributed by atoms with Gasteiger partial charge in [0.15, 0.2) is 6.10 Å². The maximum Gasteiger partial charge on any atom is 0.322 e. The second-order valence-electron chi connectivity index (χ2n) is 6.33. The molecule has 0 aromatic heterocycles. The van der Waals surface area contributed by atoms with Gasteiger partial charge in [0.05, 0.1) is 5.69 Å². The molecule has 1 aromatic carbocycles. The number of rotatable bonds is 1. The first-order chi connectivity index (χ1) is 11.1. The van der Waals surface area contributed by atoms with Crippen LogP contribution in [0.25, 0.3) is 0 Å². The molecular weight excluding hydrogens is 296 g/mol. The molecule has 0 saturated carbocycles. The molecular formula is C16H20N4O3. The van der Waals surface area contributed by atoms with E-state index in [0.29, 0.717) is 23.2 Å². The predicted octanol–water partition coefficient (Wildman–Crippen LogP) is 1.33. The van der Waals surface area contributed by atoms with Gasteiger partial charge in [-0.2, -0.15) is 0 Å². The lowest BCUT2D eigenvalue weighted by molar-refractivity contribution is -0.122. The molecule has 0 spiro atoms. The highest BCUT2D eigenvalue weighted by Crippen LogP contribution is 2.32. The average Bonchev–Trinajstić information content (AvgIpc) is 2.90. The minimum absolute atomic E-state index is 0.0760. The van der Waals surface area contributed by atoms with Crippen LogP contribution in [0.5, 0.6) is 5.75 Å². The van der Waals surface area contributed by atoms with Crippen molar-refractivity contribution < 1.29 is 14.3 Å². The second kappa shape index (κ2) is 5.42. The molecule has 2 saturated heterocycles. The second-order valence-corrected chi connectivity index (χ2v) is 6.33. The fourth-order valence-electron chi connectivity index (χ4n) is 3.45. The lowest BCUT2D eigenvalue weighted by atomic mass is 10.2. The van der Waals surface area contributed by atoms with Gasteiger partial charge in [-0.25, -0.2) is 4.79 Å². The predicted molar refractivity (Wildman–Crippen MR) is 85.7 cm³/mol. The molecule has 2 N–H and O–H groups in total. The van der Waals surface area contributed by atoms with Gasteiger partial charge in [-0.3, -0.25) is 9.69 Å². The Labute approximate surface area is 134 Å². The van der Waals surface area contributed by atoms with Crippen molar-refractivity contribution in [2.75, 3.05) is 36.8 Å². The van der Waals surface area contributed by atoms with E-state index in [9.17, 15) is 9.59 Å². The molecule has 3 aliphatic heterocycles. The van der Waals surface area contributed by atoms with Gasteiger partial charge in [0.2, 0.25) is 0 Å². The zero-order valence-electron chi connectivity index (χ0n) is 13.0. The highest BCUT2D eigenvalue weighted by atomic mass is 16.5. The van der Waals surface area contributed by atoms with Gasteiger partial charge in [0.1, 0.15) is 5.75 Å². The van der Waals surface area contributed by atoms with E-state index in [2.05, 4.69) is 15.5 Å². The highest BCUT2D eigenvalue weighted by molar-refractivity contribution is 5.99. The van der Waals surface area contributed by atoms with Crippen molar-refractivity contribution in [1.82, 2.24) is 9.80 Å². The Bertz CT molecular complexity index is 663. The molecule has 3 heterocycles. The van der Waals surface area contributed by atoms with Crippen LogP contribution in [0.15, 0.2) is 18.2 Å². The molecule has 2 fully saturated rings. The van der Waals surface area contributed by atoms with E-state index in [0.717, 1.165) is 32.6 Å². The van der Waals surface area contributed by atoms with Crippen molar-refractivity contribution in [3.05, 3.63) is 18.2 Å². The molecule has 3 aliphatic rings. The minimum Gasteiger partial charge on any atom is -0.479 e. The third-order valence-electron chi connectivity index (χ3n) is 4.77. The zero-order valence-corrected chi connectivity index (χ0v) is 13.0. The Balaban J connectivity index is 1.48. The number of carbonyl (C=O) groups is 2. The summed E-state index contributed by atoms with van der Waals surface area (Å²) in [5.41, 5.74) is 1.25. The quantitative estimate of drug-likeness (QED) is 0.820. The van der Waals surface area contributed by atoms with Crippen LogP contribution in [-0.4, -0.2) is 60.1 Å². The van der Waals surface area contributed by atoms with Crippen LogP contribution >= 0.6 is 0 Å². The number of ether oxygens (including phenoxy) is 1. The molecule has 122 valence electrons. The van der Waals surface area contributed by atoms with Crippen molar-refractivity contribution in [1.29, 1.82) is 0 Å². The molecule has 4 rings (SSSR count). The lowest BCUT2D eigenvalue weighted by Crippen LogP contribution is -2.51. The topological polar surface area (TPSA) is 73.9 Å². The van der Waals surface area contributed by atoms with Crippen molar-refractivity contribution in [3.8, 4) is 5.75 Å². The third-order valence-corrected chi connectivity index (χ3v) is 4.77. The van der Waals surface area contributed by atoms with Crippen molar-refractivity contribution in [2.45, 2.75) is 25.5 Å². The molecule has 23 heavy (non-hydrogen) atoms. The first kappa shape index (κ1) is 14.3. The first-order valence-corrected chi connectivity index (χ1v) is 8.02. The van der Waals surface area contributed by atoms with Gasteiger partial charge in [-0.05, 0) is 31.5 Å². The number of benzene rings is 1. The van der Waals surface area contributed by atoms with Gasteiger partial charge < -0.3 is 20.3 Å². The summed E-state index contributed by atoms with van der Waals surface area (Å²) in [5.74, 6) is 0.447. The van der Waals surface area contributed by atoms with Gasteiger partial charge in [-0.1, -0.05) is 0 Å². The maximum atomic E-state index is 12.5. The van der Waals surface area contributed by atoms with E-state index in [-0.39, 0.29) is 11.9 Å². The van der Waals surface area contributed by atoms with E-state index in [4.69, 9.17) is 4.74 Å². The number of hydrogen-bond acceptors (Lipinski definition) is 4. The number of amides is 3. The summed E-state index contributed by atoms with van der Waals surface area (Å²) in [4.78, 5) is 28.5. The fourth-order valence-corrected chi connectivity index (χ4v) is 3.45. The number of piperazine rings is 1. The van der Waals surface area contributed by atoms with Crippen LogP contribution in [0.4, 0.5) is 16.2 Å². The number of fused-ring (bicyclic) bond motifs is 3. The molecule has 3 amide bonds. The third kappa shape index (κ3) is 2.61. The van der Waals surface area contributed by atoms with Crippen LogP contribution in [0, 0.1) is 0 Å². The lowest BCUT2D eigenvalue weighted by Gasteiger charge is -2.34. The van der Waals surface area contributed by atoms with Gasteiger partial charge in [0, 0.05) is 37.9 Å². The minimum atomic E-state index is -0.499. The Morgan fingerprint density at radius 3 is 3.09 bits per heavy atom. The largest absolute Gasteiger partial charge is 0.479 e. The first-order valence-electron chi connectivity index (χ1n) is 8.02. The molecule has 7 nitrogen and oxygen atoms in total. The Kier molecular flexibility index (Phi) is 3.37. The SMILES string of the molecule is CC1Oc2ccc(NC(=O)N3CCN4CCC3C4)cc2NC1=O. The number of nitrogens with zero attached hydrogens (tertiary/aromatic N) is 2. The van der Waals surface area contributed by atoms with Crippen molar-refractivity contribution in [3.63, 3.8) is 0 Å². The number of anilines is 2. The smallest absolute Gasteiger partial charge is 0.322 e. The zero-order chi connectivity index (χ0) is 16.0. The van der Waals surface area contributed by atoms with E-state index in [1.165, 1.54) is 0 Å². The summed E-state index contributed by atoms with van der Waals surface area (Å²) >= 11 is 0. The van der Waals surface area contributed by atoms with Crippen molar-refractivity contribution >= 4 is 23.3 Å². The molecule has 1 aromatic rings. The Hall–Kier alpha value is -2.28. The van der Waals surface area contributed by atoms with Gasteiger partial charge >= 0.3 is 6.03 Å². The highest BCUT2D eigenvalue weighted by Gasteiger charge is 2.35. The van der Waals surface area contributed by atoms with Gasteiger partial charge in [0.25, 0.3) is 5.91 Å². The molecule has 2 bridgehead atoms. The number of urea groups is 1. The van der Waals surface area contributed by atoms with Crippen LogP contribution in [-0.2, 0) is 4.79 Å². The van der Waals surface area contributed by atoms with Crippen LogP contribution < -0.4 is 15.4 Å². The number of carbonyl (C=O) groups excluding carboxylic acids is 2. The molecule has 3 unspecified atom stereocenters. The normalized spacial score (nSPS) is 28.7. The van der Waals surface area contributed by atoms with Crippen LogP contribution in [0.1, 0.15) is 13.3 Å². The van der Waals surface area contributed by atoms with Crippen LogP contribution in [0.2, 0.25) is 0 Å². The summed E-state index contributed by atoms with van der Waals surface area (Å²) in [6.45, 7) is 5.46. The summed E-state index contributed by atoms with van der Waals surface area (Å²) in [7, 11) is 0. The summed E-state index contributed by atoms with van der Waals surface area (Å²) < 4.78 is 5.52. The van der Waals surface area contributed by atoms with Crippen molar-refractivity contribution in [2.24, 2.45) is 0 Å². The van der Waals surface area contributed by atoms with E-state index >= 15 is 0 Å². The fraction of sp³-hybridized carbons (Fsp3) is 0.500. The van der Waals surface area contributed by atoms with E-state index in [1.54, 1.807) is 25.1 Å². The summed E-state index contributed by atoms with van der Waals surface area (Å²) in [5, 5.41) is 5.73. The Morgan fingerprint density at radius 2 is 2.22 bits per heavy atom. The van der Waals surface area contributed by atoms with Crippen LogP contribution in [0.3, 0.4) is 0 Å². The van der Waals surface area contributed by atoms with E-state index < -0.39 is 6.10 Å². The average molecular weight is 316 g/mol. The molecule has 0 radical (unpaired) electrons. The maximum absolute atomic E-state index is 12.5. The summed E-state index contributed by atoms with van der Waals surface area (Å²) in [6.07, 6.45) is 0.543. The van der Waals surface area contributed by atoms with E-state index in [1.807, 2.05) is 4.90 Å². The standard InChI is InChI=1S/C16H20N4O3/c1-10-15(21)18-13-8-11(2-3-14(13)23-10)17-16(22)20-7-6-19-5-4-12(20)9-19/h2-3,8,10,12H,4-7,9H2,1H3,(H,17,22)(H,18,21).